The maximum absolute atomic E-state index is 12.3. The van der Waals surface area contributed by atoms with Gasteiger partial charge in [-0.25, -0.2) is 0 Å². The van der Waals surface area contributed by atoms with Gasteiger partial charge < -0.3 is 5.32 Å². The molecular weight excluding hydrogens is 329 g/mol. The van der Waals surface area contributed by atoms with Gasteiger partial charge in [-0.3, -0.25) is 4.79 Å². The Bertz CT molecular complexity index is 791. The van der Waals surface area contributed by atoms with E-state index < -0.39 is 5.38 Å². The van der Waals surface area contributed by atoms with Crippen LogP contribution in [0.1, 0.15) is 10.9 Å². The topological polar surface area (TPSA) is 54.9 Å². The molecule has 2 aromatic carbocycles. The Morgan fingerprint density at radius 3 is 2.67 bits per heavy atom. The summed E-state index contributed by atoms with van der Waals surface area (Å²) >= 11 is 13.4. The first-order valence-electron chi connectivity index (χ1n) is 6.07. The van der Waals surface area contributed by atoms with Crippen molar-refractivity contribution < 1.29 is 4.79 Å². The van der Waals surface area contributed by atoms with Crippen molar-refractivity contribution in [2.75, 3.05) is 5.32 Å². The molecule has 1 unspecified atom stereocenters. The number of halogens is 2. The van der Waals surface area contributed by atoms with E-state index in [9.17, 15) is 4.79 Å². The summed E-state index contributed by atoms with van der Waals surface area (Å²) in [5, 5.41) is 2.34. The first-order valence-corrected chi connectivity index (χ1v) is 7.62. The largest absolute Gasteiger partial charge is 0.321 e. The first-order chi connectivity index (χ1) is 10.2. The van der Waals surface area contributed by atoms with Crippen molar-refractivity contribution in [3.8, 4) is 0 Å². The van der Waals surface area contributed by atoms with Crippen molar-refractivity contribution in [1.29, 1.82) is 0 Å². The fourth-order valence-electron chi connectivity index (χ4n) is 1.91. The smallest absolute Gasteiger partial charge is 0.247 e. The molecule has 0 fully saturated rings. The molecule has 106 valence electrons. The van der Waals surface area contributed by atoms with Crippen LogP contribution < -0.4 is 5.32 Å². The molecule has 0 saturated heterocycles. The Balaban J connectivity index is 1.90. The highest BCUT2D eigenvalue weighted by molar-refractivity contribution is 7.00. The first kappa shape index (κ1) is 14.3. The molecule has 21 heavy (non-hydrogen) atoms. The summed E-state index contributed by atoms with van der Waals surface area (Å²) in [6, 6.07) is 12.5. The summed E-state index contributed by atoms with van der Waals surface area (Å²) < 4.78 is 8.27. The van der Waals surface area contributed by atoms with Crippen molar-refractivity contribution in [1.82, 2.24) is 8.75 Å². The van der Waals surface area contributed by atoms with Crippen molar-refractivity contribution >= 4 is 57.6 Å². The molecule has 1 aromatic heterocycles. The number of carbonyl (C=O) groups is 1. The van der Waals surface area contributed by atoms with Crippen molar-refractivity contribution in [2.24, 2.45) is 0 Å². The second-order valence-corrected chi connectivity index (χ2v) is 5.69. The third kappa shape index (κ3) is 2.85. The maximum Gasteiger partial charge on any atom is 0.247 e. The Kier molecular flexibility index (Phi) is 4.05. The van der Waals surface area contributed by atoms with E-state index in [1.165, 1.54) is 0 Å². The third-order valence-electron chi connectivity index (χ3n) is 2.95. The lowest BCUT2D eigenvalue weighted by atomic mass is 10.1. The minimum absolute atomic E-state index is 0.356. The summed E-state index contributed by atoms with van der Waals surface area (Å²) in [5.41, 5.74) is 2.41. The Hall–Kier alpha value is -1.69. The molecule has 1 atom stereocenters. The number of amides is 1. The highest BCUT2D eigenvalue weighted by Crippen LogP contribution is 2.31. The number of rotatable bonds is 3. The number of benzene rings is 2. The molecule has 1 amide bonds. The Morgan fingerprint density at radius 1 is 1.14 bits per heavy atom. The fraction of sp³-hybridized carbons (Fsp3) is 0.0714. The number of carbonyl (C=O) groups excluding carboxylic acids is 1. The van der Waals surface area contributed by atoms with E-state index in [-0.39, 0.29) is 5.91 Å². The molecule has 0 bridgehead atoms. The average Bonchev–Trinajstić information content (AvgIpc) is 2.99. The molecule has 0 saturated carbocycles. The van der Waals surface area contributed by atoms with Crippen LogP contribution in [0.3, 0.4) is 0 Å². The molecule has 0 radical (unpaired) electrons. The fourth-order valence-corrected chi connectivity index (χ4v) is 2.85. The number of hydrogen-bond donors (Lipinski definition) is 1. The molecule has 4 nitrogen and oxygen atoms in total. The van der Waals surface area contributed by atoms with Crippen LogP contribution in [-0.4, -0.2) is 14.7 Å². The lowest BCUT2D eigenvalue weighted by Gasteiger charge is -2.12. The SMILES string of the molecule is O=C(Nc1c(Cl)ccc2nsnc12)C(Cl)c1ccccc1. The second kappa shape index (κ2) is 5.97. The zero-order valence-electron chi connectivity index (χ0n) is 10.6. The molecule has 1 N–H and O–H groups in total. The predicted molar refractivity (Wildman–Crippen MR) is 86.1 cm³/mol. The molecule has 3 aromatic rings. The minimum Gasteiger partial charge on any atom is -0.321 e. The molecule has 0 spiro atoms. The van der Waals surface area contributed by atoms with E-state index in [2.05, 4.69) is 14.1 Å². The molecule has 0 aliphatic heterocycles. The number of anilines is 1. The van der Waals surface area contributed by atoms with E-state index in [1.807, 2.05) is 18.2 Å². The van der Waals surface area contributed by atoms with Crippen LogP contribution in [0.4, 0.5) is 5.69 Å². The summed E-state index contributed by atoms with van der Waals surface area (Å²) in [4.78, 5) is 12.3. The number of nitrogens with one attached hydrogen (secondary N) is 1. The molecular formula is C14H9Cl2N3OS. The number of nitrogens with zero attached hydrogens (tertiary/aromatic N) is 2. The van der Waals surface area contributed by atoms with Gasteiger partial charge in [-0.2, -0.15) is 8.75 Å². The highest BCUT2D eigenvalue weighted by Gasteiger charge is 2.20. The number of aromatic nitrogens is 2. The van der Waals surface area contributed by atoms with Crippen molar-refractivity contribution in [3.05, 3.63) is 53.1 Å². The van der Waals surface area contributed by atoms with Gasteiger partial charge in [0.25, 0.3) is 0 Å². The van der Waals surface area contributed by atoms with Gasteiger partial charge in [0.2, 0.25) is 5.91 Å². The van der Waals surface area contributed by atoms with E-state index in [1.54, 1.807) is 24.3 Å². The molecule has 3 rings (SSSR count). The van der Waals surface area contributed by atoms with Gasteiger partial charge in [0.1, 0.15) is 16.4 Å². The van der Waals surface area contributed by atoms with Gasteiger partial charge in [0.15, 0.2) is 0 Å². The number of fused-ring (bicyclic) bond motifs is 1. The summed E-state index contributed by atoms with van der Waals surface area (Å²) in [6.45, 7) is 0. The second-order valence-electron chi connectivity index (χ2n) is 4.32. The number of hydrogen-bond acceptors (Lipinski definition) is 4. The average molecular weight is 338 g/mol. The maximum atomic E-state index is 12.3. The lowest BCUT2D eigenvalue weighted by molar-refractivity contribution is -0.116. The van der Waals surface area contributed by atoms with Crippen LogP contribution in [0, 0.1) is 0 Å². The van der Waals surface area contributed by atoms with Crippen molar-refractivity contribution in [2.45, 2.75) is 5.38 Å². The van der Waals surface area contributed by atoms with Crippen LogP contribution >= 0.6 is 34.9 Å². The van der Waals surface area contributed by atoms with Gasteiger partial charge in [-0.1, -0.05) is 41.9 Å². The van der Waals surface area contributed by atoms with Crippen LogP contribution in [0.2, 0.25) is 5.02 Å². The van der Waals surface area contributed by atoms with Gasteiger partial charge in [0, 0.05) is 0 Å². The quantitative estimate of drug-likeness (QED) is 0.726. The molecule has 0 aliphatic rings. The zero-order chi connectivity index (χ0) is 14.8. The summed E-state index contributed by atoms with van der Waals surface area (Å²) in [6.07, 6.45) is 0. The highest BCUT2D eigenvalue weighted by atomic mass is 35.5. The monoisotopic (exact) mass is 337 g/mol. The summed E-state index contributed by atoms with van der Waals surface area (Å²) in [7, 11) is 0. The van der Waals surface area contributed by atoms with Crippen LogP contribution in [0.25, 0.3) is 11.0 Å². The normalized spacial score (nSPS) is 12.3. The molecule has 0 aliphatic carbocycles. The van der Waals surface area contributed by atoms with Gasteiger partial charge in [0.05, 0.1) is 22.4 Å². The van der Waals surface area contributed by atoms with E-state index in [4.69, 9.17) is 23.2 Å². The third-order valence-corrected chi connectivity index (χ3v) is 4.26. The zero-order valence-corrected chi connectivity index (χ0v) is 12.9. The van der Waals surface area contributed by atoms with Crippen LogP contribution in [0.5, 0.6) is 0 Å². The molecule has 7 heteroatoms. The lowest BCUT2D eigenvalue weighted by Crippen LogP contribution is -2.17. The van der Waals surface area contributed by atoms with Gasteiger partial charge in [-0.15, -0.1) is 11.6 Å². The van der Waals surface area contributed by atoms with Crippen molar-refractivity contribution in [3.63, 3.8) is 0 Å². The van der Waals surface area contributed by atoms with E-state index >= 15 is 0 Å². The molecule has 1 heterocycles. The van der Waals surface area contributed by atoms with Gasteiger partial charge in [-0.05, 0) is 17.7 Å². The van der Waals surface area contributed by atoms with E-state index in [0.717, 1.165) is 17.3 Å². The Morgan fingerprint density at radius 2 is 1.90 bits per heavy atom. The number of alkyl halides is 1. The Labute approximate surface area is 135 Å². The van der Waals surface area contributed by atoms with Gasteiger partial charge >= 0.3 is 0 Å². The van der Waals surface area contributed by atoms with E-state index in [0.29, 0.717) is 21.7 Å². The minimum atomic E-state index is -0.802. The predicted octanol–water partition coefficient (Wildman–Crippen LogP) is 4.26. The summed E-state index contributed by atoms with van der Waals surface area (Å²) in [5.74, 6) is -0.356. The van der Waals surface area contributed by atoms with Crippen LogP contribution in [0.15, 0.2) is 42.5 Å². The van der Waals surface area contributed by atoms with Crippen LogP contribution in [-0.2, 0) is 4.79 Å². The standard InChI is InChI=1S/C14H9Cl2N3OS/c15-9-6-7-10-13(19-21-18-10)12(9)17-14(20)11(16)8-4-2-1-3-5-8/h1-7,11H,(H,17,20).